The van der Waals surface area contributed by atoms with Crippen molar-refractivity contribution >= 4 is 29.5 Å². The number of ether oxygens (including phenoxy) is 3. The van der Waals surface area contributed by atoms with Crippen LogP contribution in [0, 0.1) is 39.4 Å². The Labute approximate surface area is 212 Å². The van der Waals surface area contributed by atoms with Gasteiger partial charge in [0.1, 0.15) is 11.9 Å². The van der Waals surface area contributed by atoms with E-state index in [0.717, 1.165) is 7.11 Å². The van der Waals surface area contributed by atoms with E-state index in [2.05, 4.69) is 13.5 Å². The number of hydrogen-bond donors (Lipinski definition) is 0. The lowest BCUT2D eigenvalue weighted by molar-refractivity contribution is -0.249. The number of cyclic esters (lactones) is 1. The third kappa shape index (κ3) is 3.02. The van der Waals surface area contributed by atoms with Crippen LogP contribution in [0.4, 0.5) is 0 Å². The van der Waals surface area contributed by atoms with Crippen molar-refractivity contribution < 1.29 is 38.2 Å². The summed E-state index contributed by atoms with van der Waals surface area (Å²) in [5.41, 5.74) is -4.98. The molecule has 8 heteroatoms. The molecule has 1 heterocycles. The van der Waals surface area contributed by atoms with E-state index in [0.29, 0.717) is 31.3 Å². The van der Waals surface area contributed by atoms with Crippen LogP contribution >= 0.6 is 0 Å². The summed E-state index contributed by atoms with van der Waals surface area (Å²) in [6.07, 6.45) is 1.10. The van der Waals surface area contributed by atoms with E-state index in [1.165, 1.54) is 13.8 Å². The Bertz CT molecular complexity index is 1090. The maximum atomic E-state index is 14.0. The Balaban J connectivity index is 1.94. The van der Waals surface area contributed by atoms with Gasteiger partial charge in [-0.3, -0.25) is 19.2 Å². The van der Waals surface area contributed by atoms with Crippen LogP contribution in [0.15, 0.2) is 12.2 Å². The maximum absolute atomic E-state index is 14.0. The SMILES string of the molecule is C=C1C[C@@H]2[C@]3(C)CCC(=O)C(C)(C)[C@@H]3C[C@H](OC(C)=O)[C@]2(C)[C@@H]2C(=O)O[C@](C)(C(=O)OC)C(=O)[C@]12C. The Morgan fingerprint density at radius 3 is 2.19 bits per heavy atom. The monoisotopic (exact) mass is 502 g/mol. The van der Waals surface area contributed by atoms with E-state index in [-0.39, 0.29) is 23.0 Å². The van der Waals surface area contributed by atoms with Gasteiger partial charge in [-0.25, -0.2) is 4.79 Å². The number of hydrogen-bond acceptors (Lipinski definition) is 8. The van der Waals surface area contributed by atoms with Gasteiger partial charge in [0.15, 0.2) is 5.78 Å². The molecule has 1 saturated heterocycles. The number of methoxy groups -OCH3 is 1. The summed E-state index contributed by atoms with van der Waals surface area (Å²) in [4.78, 5) is 65.9. The number of rotatable bonds is 2. The minimum Gasteiger partial charge on any atom is -0.466 e. The smallest absolute Gasteiger partial charge is 0.358 e. The standard InChI is InChI=1S/C28H38O8/c1-14-12-17-25(5)11-10-18(30)24(3,4)16(25)13-19(35-15(2)29)27(17,7)20-21(31)36-28(8,23(33)34-9)22(32)26(14,20)6/h16-17,19-20H,1,10-13H2,2-9H3/t16-,17+,19-,20+,25+,26+,27+,28-/m0/s1. The Kier molecular flexibility index (Phi) is 5.71. The summed E-state index contributed by atoms with van der Waals surface area (Å²) in [6.45, 7) is 16.5. The first-order valence-corrected chi connectivity index (χ1v) is 12.7. The van der Waals surface area contributed by atoms with Gasteiger partial charge >= 0.3 is 17.9 Å². The van der Waals surface area contributed by atoms with Crippen molar-refractivity contribution in [2.45, 2.75) is 85.9 Å². The molecule has 3 saturated carbocycles. The van der Waals surface area contributed by atoms with E-state index in [1.54, 1.807) is 6.92 Å². The van der Waals surface area contributed by atoms with E-state index in [1.807, 2.05) is 20.8 Å². The van der Waals surface area contributed by atoms with Crippen LogP contribution in [0.3, 0.4) is 0 Å². The Morgan fingerprint density at radius 2 is 1.64 bits per heavy atom. The van der Waals surface area contributed by atoms with Crippen molar-refractivity contribution in [3.63, 3.8) is 0 Å². The lowest BCUT2D eigenvalue weighted by Gasteiger charge is -2.69. The fourth-order valence-corrected chi connectivity index (χ4v) is 8.69. The van der Waals surface area contributed by atoms with Crippen LogP contribution in [0.25, 0.3) is 0 Å². The highest BCUT2D eigenvalue weighted by molar-refractivity contribution is 6.15. The first-order valence-electron chi connectivity index (χ1n) is 12.7. The summed E-state index contributed by atoms with van der Waals surface area (Å²) < 4.78 is 16.4. The second-order valence-electron chi connectivity index (χ2n) is 12.7. The van der Waals surface area contributed by atoms with Gasteiger partial charge in [0.05, 0.1) is 18.4 Å². The molecule has 4 fully saturated rings. The van der Waals surface area contributed by atoms with Gasteiger partial charge in [0.25, 0.3) is 5.60 Å². The van der Waals surface area contributed by atoms with Gasteiger partial charge in [-0.15, -0.1) is 0 Å². The molecule has 198 valence electrons. The number of Topliss-reactive ketones (excluding diaryl/α,β-unsaturated/α-hetero) is 2. The largest absolute Gasteiger partial charge is 0.466 e. The quantitative estimate of drug-likeness (QED) is 0.244. The highest BCUT2D eigenvalue weighted by Gasteiger charge is 2.76. The normalized spacial score (nSPS) is 45.6. The Morgan fingerprint density at radius 1 is 1.03 bits per heavy atom. The average molecular weight is 503 g/mol. The maximum Gasteiger partial charge on any atom is 0.358 e. The van der Waals surface area contributed by atoms with Gasteiger partial charge in [-0.1, -0.05) is 39.8 Å². The van der Waals surface area contributed by atoms with Gasteiger partial charge in [0.2, 0.25) is 0 Å². The second kappa shape index (κ2) is 7.75. The van der Waals surface area contributed by atoms with Crippen LogP contribution in [0.2, 0.25) is 0 Å². The summed E-state index contributed by atoms with van der Waals surface area (Å²) in [6, 6.07) is 0. The molecule has 0 spiro atoms. The number of ketones is 2. The molecular weight excluding hydrogens is 464 g/mol. The molecule has 0 aromatic rings. The van der Waals surface area contributed by atoms with Crippen molar-refractivity contribution in [3.05, 3.63) is 12.2 Å². The zero-order valence-electron chi connectivity index (χ0n) is 22.6. The molecule has 0 amide bonds. The van der Waals surface area contributed by atoms with Crippen molar-refractivity contribution in [2.24, 2.45) is 39.4 Å². The molecule has 0 unspecified atom stereocenters. The third-order valence-corrected chi connectivity index (χ3v) is 10.7. The molecule has 0 radical (unpaired) electrons. The first-order chi connectivity index (χ1) is 16.4. The number of carbonyl (C=O) groups is 5. The molecule has 0 aromatic heterocycles. The minimum atomic E-state index is -2.10. The predicted molar refractivity (Wildman–Crippen MR) is 128 cm³/mol. The fourth-order valence-electron chi connectivity index (χ4n) is 8.69. The lowest BCUT2D eigenvalue weighted by atomic mass is 9.35. The zero-order valence-corrected chi connectivity index (χ0v) is 22.6. The minimum absolute atomic E-state index is 0.0959. The second-order valence-corrected chi connectivity index (χ2v) is 12.7. The molecule has 8 nitrogen and oxygen atoms in total. The number of carbonyl (C=O) groups excluding carboxylic acids is 5. The van der Waals surface area contributed by atoms with Crippen LogP contribution in [-0.2, 0) is 38.2 Å². The van der Waals surface area contributed by atoms with Gasteiger partial charge in [-0.05, 0) is 50.4 Å². The highest BCUT2D eigenvalue weighted by atomic mass is 16.6. The predicted octanol–water partition coefficient (Wildman–Crippen LogP) is 3.60. The Hall–Kier alpha value is -2.51. The summed E-state index contributed by atoms with van der Waals surface area (Å²) >= 11 is 0. The number of esters is 3. The lowest BCUT2D eigenvalue weighted by Crippen LogP contribution is -2.74. The van der Waals surface area contributed by atoms with E-state index in [4.69, 9.17) is 14.2 Å². The van der Waals surface area contributed by atoms with E-state index < -0.39 is 57.6 Å². The summed E-state index contributed by atoms with van der Waals surface area (Å²) in [5, 5.41) is 0. The van der Waals surface area contributed by atoms with Crippen LogP contribution in [-0.4, -0.2) is 48.3 Å². The average Bonchev–Trinajstić information content (AvgIpc) is 2.78. The van der Waals surface area contributed by atoms with Crippen molar-refractivity contribution in [1.82, 2.24) is 0 Å². The molecule has 8 atom stereocenters. The van der Waals surface area contributed by atoms with Crippen LogP contribution < -0.4 is 0 Å². The third-order valence-electron chi connectivity index (χ3n) is 10.7. The molecule has 0 aromatic carbocycles. The zero-order chi connectivity index (χ0) is 27.2. The topological polar surface area (TPSA) is 113 Å². The van der Waals surface area contributed by atoms with Gasteiger partial charge in [-0.2, -0.15) is 0 Å². The van der Waals surface area contributed by atoms with Gasteiger partial charge in [0, 0.05) is 24.2 Å². The number of fused-ring (bicyclic) bond motifs is 5. The molecule has 4 rings (SSSR count). The molecule has 0 bridgehead atoms. The molecule has 4 aliphatic rings. The van der Waals surface area contributed by atoms with Crippen LogP contribution in [0.1, 0.15) is 74.1 Å². The first kappa shape index (κ1) is 26.6. The number of allylic oxidation sites excluding steroid dienone is 1. The molecule has 3 aliphatic carbocycles. The summed E-state index contributed by atoms with van der Waals surface area (Å²) in [7, 11) is 1.14. The highest BCUT2D eigenvalue weighted by Crippen LogP contribution is 2.72. The van der Waals surface area contributed by atoms with E-state index in [9.17, 15) is 24.0 Å². The molecule has 0 N–H and O–H groups in total. The van der Waals surface area contributed by atoms with Crippen molar-refractivity contribution in [3.8, 4) is 0 Å². The van der Waals surface area contributed by atoms with Crippen LogP contribution in [0.5, 0.6) is 0 Å². The molecule has 1 aliphatic heterocycles. The fraction of sp³-hybridized carbons (Fsp3) is 0.750. The molecular formula is C28H38O8. The van der Waals surface area contributed by atoms with Gasteiger partial charge < -0.3 is 14.2 Å². The van der Waals surface area contributed by atoms with Crippen molar-refractivity contribution in [1.29, 1.82) is 0 Å². The molecule has 36 heavy (non-hydrogen) atoms. The van der Waals surface area contributed by atoms with E-state index >= 15 is 0 Å². The summed E-state index contributed by atoms with van der Waals surface area (Å²) in [5.74, 6) is -3.88. The van der Waals surface area contributed by atoms with Crippen molar-refractivity contribution in [2.75, 3.05) is 7.11 Å².